The molecule has 0 radical (unpaired) electrons. The molecular formula is C20H22N2O2. The zero-order valence-electron chi connectivity index (χ0n) is 13.7. The Labute approximate surface area is 142 Å². The first-order valence-electron chi connectivity index (χ1n) is 8.61. The minimum Gasteiger partial charge on any atom is -0.387 e. The van der Waals surface area contributed by atoms with E-state index in [1.807, 2.05) is 18.5 Å². The number of piperidine rings is 1. The van der Waals surface area contributed by atoms with E-state index in [-0.39, 0.29) is 17.9 Å². The van der Waals surface area contributed by atoms with E-state index in [4.69, 9.17) is 5.11 Å². The minimum atomic E-state index is -0.387. The molecule has 1 unspecified atom stereocenters. The SMILES string of the molecule is O=C(CO)N1CCC2(CC1)CC(c1cccnc1)c1ccccc12. The van der Waals surface area contributed by atoms with E-state index in [0.29, 0.717) is 5.92 Å². The van der Waals surface area contributed by atoms with Gasteiger partial charge in [0, 0.05) is 31.4 Å². The van der Waals surface area contributed by atoms with Crippen LogP contribution in [0.15, 0.2) is 48.8 Å². The fraction of sp³-hybridized carbons (Fsp3) is 0.400. The number of fused-ring (bicyclic) bond motifs is 2. The summed E-state index contributed by atoms with van der Waals surface area (Å²) < 4.78 is 0. The van der Waals surface area contributed by atoms with Crippen LogP contribution < -0.4 is 0 Å². The fourth-order valence-corrected chi connectivity index (χ4v) is 4.53. The van der Waals surface area contributed by atoms with Gasteiger partial charge in [-0.15, -0.1) is 0 Å². The smallest absolute Gasteiger partial charge is 0.248 e. The summed E-state index contributed by atoms with van der Waals surface area (Å²) >= 11 is 0. The van der Waals surface area contributed by atoms with Crippen LogP contribution in [-0.4, -0.2) is 40.6 Å². The van der Waals surface area contributed by atoms with Crippen molar-refractivity contribution < 1.29 is 9.90 Å². The maximum atomic E-state index is 11.8. The van der Waals surface area contributed by atoms with E-state index in [1.165, 1.54) is 16.7 Å². The molecule has 1 aliphatic heterocycles. The van der Waals surface area contributed by atoms with E-state index < -0.39 is 0 Å². The summed E-state index contributed by atoms with van der Waals surface area (Å²) in [4.78, 5) is 17.9. The number of nitrogens with zero attached hydrogens (tertiary/aromatic N) is 2. The highest BCUT2D eigenvalue weighted by molar-refractivity contribution is 5.77. The van der Waals surface area contributed by atoms with Crippen LogP contribution in [0.2, 0.25) is 0 Å². The molecule has 1 aromatic heterocycles. The molecule has 1 amide bonds. The molecule has 1 fully saturated rings. The third-order valence-corrected chi connectivity index (χ3v) is 5.80. The van der Waals surface area contributed by atoms with Crippen LogP contribution in [0.25, 0.3) is 0 Å². The first-order valence-corrected chi connectivity index (χ1v) is 8.61. The van der Waals surface area contributed by atoms with Crippen LogP contribution in [0.3, 0.4) is 0 Å². The first kappa shape index (κ1) is 15.3. The second-order valence-electron chi connectivity index (χ2n) is 6.95. The lowest BCUT2D eigenvalue weighted by molar-refractivity contribution is -0.135. The van der Waals surface area contributed by atoms with Crippen molar-refractivity contribution in [2.24, 2.45) is 0 Å². The van der Waals surface area contributed by atoms with Gasteiger partial charge < -0.3 is 10.0 Å². The lowest BCUT2D eigenvalue weighted by Gasteiger charge is -2.40. The van der Waals surface area contributed by atoms with Crippen LogP contribution in [0.5, 0.6) is 0 Å². The summed E-state index contributed by atoms with van der Waals surface area (Å²) in [6.07, 6.45) is 6.81. The third-order valence-electron chi connectivity index (χ3n) is 5.80. The topological polar surface area (TPSA) is 53.4 Å². The van der Waals surface area contributed by atoms with Gasteiger partial charge in [-0.3, -0.25) is 9.78 Å². The Kier molecular flexibility index (Phi) is 3.85. The number of aromatic nitrogens is 1. The average molecular weight is 322 g/mol. The van der Waals surface area contributed by atoms with E-state index in [2.05, 4.69) is 35.3 Å². The summed E-state index contributed by atoms with van der Waals surface area (Å²) in [6, 6.07) is 12.9. The molecule has 1 saturated heterocycles. The minimum absolute atomic E-state index is 0.142. The number of aliphatic hydroxyl groups excluding tert-OH is 1. The maximum absolute atomic E-state index is 11.8. The summed E-state index contributed by atoms with van der Waals surface area (Å²) in [5.41, 5.74) is 4.27. The van der Waals surface area contributed by atoms with E-state index >= 15 is 0 Å². The van der Waals surface area contributed by atoms with Crippen LogP contribution in [0, 0.1) is 0 Å². The number of hydrogen-bond donors (Lipinski definition) is 1. The number of carbonyl (C=O) groups excluding carboxylic acids is 1. The summed E-state index contributed by atoms with van der Waals surface area (Å²) in [7, 11) is 0. The fourth-order valence-electron chi connectivity index (χ4n) is 4.53. The first-order chi connectivity index (χ1) is 11.7. The van der Waals surface area contributed by atoms with E-state index in [9.17, 15) is 4.79 Å². The zero-order valence-corrected chi connectivity index (χ0v) is 13.7. The largest absolute Gasteiger partial charge is 0.387 e. The van der Waals surface area contributed by atoms with Crippen molar-refractivity contribution in [1.29, 1.82) is 0 Å². The molecule has 1 aliphatic carbocycles. The van der Waals surface area contributed by atoms with Gasteiger partial charge in [-0.25, -0.2) is 0 Å². The molecular weight excluding hydrogens is 300 g/mol. The van der Waals surface area contributed by atoms with Gasteiger partial charge >= 0.3 is 0 Å². The summed E-state index contributed by atoms with van der Waals surface area (Å²) in [5.74, 6) is 0.231. The quantitative estimate of drug-likeness (QED) is 0.924. The van der Waals surface area contributed by atoms with Gasteiger partial charge in [-0.1, -0.05) is 30.3 Å². The maximum Gasteiger partial charge on any atom is 0.248 e. The van der Waals surface area contributed by atoms with Crippen molar-refractivity contribution in [2.75, 3.05) is 19.7 Å². The molecule has 2 aliphatic rings. The molecule has 0 saturated carbocycles. The van der Waals surface area contributed by atoms with Crippen molar-refractivity contribution in [3.8, 4) is 0 Å². The molecule has 0 bridgehead atoms. The molecule has 24 heavy (non-hydrogen) atoms. The summed E-state index contributed by atoms with van der Waals surface area (Å²) in [6.45, 7) is 1.07. The normalized spacial score (nSPS) is 21.7. The monoisotopic (exact) mass is 322 g/mol. The van der Waals surface area contributed by atoms with Crippen molar-refractivity contribution in [3.05, 3.63) is 65.5 Å². The Morgan fingerprint density at radius 1 is 1.21 bits per heavy atom. The predicted molar refractivity (Wildman–Crippen MR) is 91.7 cm³/mol. The standard InChI is InChI=1S/C20H22N2O2/c23-14-19(24)22-10-7-20(8-11-22)12-17(15-4-3-9-21-13-15)16-5-1-2-6-18(16)20/h1-6,9,13,17,23H,7-8,10-12,14H2. The number of pyridine rings is 1. The van der Waals surface area contributed by atoms with Gasteiger partial charge in [0.2, 0.25) is 5.91 Å². The van der Waals surface area contributed by atoms with Crippen molar-refractivity contribution >= 4 is 5.91 Å². The van der Waals surface area contributed by atoms with Crippen LogP contribution in [-0.2, 0) is 10.2 Å². The lowest BCUT2D eigenvalue weighted by atomic mass is 9.73. The predicted octanol–water partition coefficient (Wildman–Crippen LogP) is 2.47. The van der Waals surface area contributed by atoms with Gasteiger partial charge in [-0.05, 0) is 47.4 Å². The average Bonchev–Trinajstić information content (AvgIpc) is 2.97. The Morgan fingerprint density at radius 3 is 2.71 bits per heavy atom. The van der Waals surface area contributed by atoms with Gasteiger partial charge in [0.25, 0.3) is 0 Å². The molecule has 1 aromatic carbocycles. The number of likely N-dealkylation sites (tertiary alicyclic amines) is 1. The van der Waals surface area contributed by atoms with Gasteiger partial charge in [0.05, 0.1) is 0 Å². The van der Waals surface area contributed by atoms with Gasteiger partial charge in [0.15, 0.2) is 0 Å². The molecule has 4 heteroatoms. The number of carbonyl (C=O) groups is 1. The van der Waals surface area contributed by atoms with Crippen LogP contribution in [0.4, 0.5) is 0 Å². The van der Waals surface area contributed by atoms with E-state index in [0.717, 1.165) is 32.4 Å². The number of benzene rings is 1. The Morgan fingerprint density at radius 2 is 2.00 bits per heavy atom. The summed E-state index contributed by atoms with van der Waals surface area (Å²) in [5, 5.41) is 9.09. The Balaban J connectivity index is 1.66. The highest BCUT2D eigenvalue weighted by atomic mass is 16.3. The van der Waals surface area contributed by atoms with Crippen molar-refractivity contribution in [3.63, 3.8) is 0 Å². The van der Waals surface area contributed by atoms with Crippen molar-refractivity contribution in [2.45, 2.75) is 30.6 Å². The second-order valence-corrected chi connectivity index (χ2v) is 6.95. The lowest BCUT2D eigenvalue weighted by Crippen LogP contribution is -2.45. The Bertz CT molecular complexity index is 736. The molecule has 124 valence electrons. The number of rotatable bonds is 2. The highest BCUT2D eigenvalue weighted by Gasteiger charge is 2.46. The number of hydrogen-bond acceptors (Lipinski definition) is 3. The number of amides is 1. The van der Waals surface area contributed by atoms with Gasteiger partial charge in [-0.2, -0.15) is 0 Å². The molecule has 4 rings (SSSR count). The van der Waals surface area contributed by atoms with Crippen molar-refractivity contribution in [1.82, 2.24) is 9.88 Å². The molecule has 2 aromatic rings. The van der Waals surface area contributed by atoms with E-state index in [1.54, 1.807) is 4.90 Å². The highest BCUT2D eigenvalue weighted by Crippen LogP contribution is 2.53. The molecule has 1 N–H and O–H groups in total. The molecule has 1 spiro atoms. The molecule has 2 heterocycles. The molecule has 4 nitrogen and oxygen atoms in total. The number of aliphatic hydroxyl groups is 1. The second kappa shape index (κ2) is 6.02. The van der Waals surface area contributed by atoms with Crippen LogP contribution in [0.1, 0.15) is 41.9 Å². The Hall–Kier alpha value is -2.20. The van der Waals surface area contributed by atoms with Gasteiger partial charge in [0.1, 0.15) is 6.61 Å². The van der Waals surface area contributed by atoms with Crippen LogP contribution >= 0.6 is 0 Å². The third kappa shape index (κ3) is 2.42. The zero-order chi connectivity index (χ0) is 16.6. The molecule has 1 atom stereocenters.